The number of nitrogens with zero attached hydrogens (tertiary/aromatic N) is 1. The number of nitrogens with one attached hydrogen (secondary N) is 1. The Kier molecular flexibility index (Phi) is 5.67. The third kappa shape index (κ3) is 3.52. The maximum atomic E-state index is 12.2. The minimum Gasteiger partial charge on any atom is -0.394 e. The first kappa shape index (κ1) is 16.2. The Morgan fingerprint density at radius 3 is 2.73 bits per heavy atom. The summed E-state index contributed by atoms with van der Waals surface area (Å²) in [5, 5.41) is 8.84. The highest BCUT2D eigenvalue weighted by molar-refractivity contribution is 7.71. The third-order valence-corrected chi connectivity index (χ3v) is 3.28. The second-order valence-corrected chi connectivity index (χ2v) is 4.80. The van der Waals surface area contributed by atoms with Crippen molar-refractivity contribution in [3.8, 4) is 23.1 Å². The first-order chi connectivity index (χ1) is 10.7. The number of aliphatic hydroxyl groups is 1. The molecule has 1 heterocycles. The smallest absolute Gasteiger partial charge is 0.268 e. The van der Waals surface area contributed by atoms with Gasteiger partial charge in [0.15, 0.2) is 4.77 Å². The summed E-state index contributed by atoms with van der Waals surface area (Å²) in [7, 11) is 0. The van der Waals surface area contributed by atoms with Gasteiger partial charge >= 0.3 is 0 Å². The summed E-state index contributed by atoms with van der Waals surface area (Å²) in [4.78, 5) is 14.8. The van der Waals surface area contributed by atoms with Crippen molar-refractivity contribution in [1.82, 2.24) is 9.55 Å². The quantitative estimate of drug-likeness (QED) is 0.502. The highest BCUT2D eigenvalue weighted by Gasteiger charge is 2.14. The number of hydrogen-bond acceptors (Lipinski definition) is 4. The van der Waals surface area contributed by atoms with Gasteiger partial charge < -0.3 is 9.84 Å². The molecular weight excluding hydrogens is 300 g/mol. The molecule has 114 valence electrons. The zero-order valence-corrected chi connectivity index (χ0v) is 12.9. The predicted octanol–water partition coefficient (Wildman–Crippen LogP) is 1.91. The van der Waals surface area contributed by atoms with Crippen LogP contribution in [0.5, 0.6) is 0 Å². The molecule has 1 aromatic carbocycles. The van der Waals surface area contributed by atoms with Gasteiger partial charge in [0.1, 0.15) is 12.3 Å². The topological polar surface area (TPSA) is 67.2 Å². The van der Waals surface area contributed by atoms with Crippen LogP contribution < -0.4 is 5.56 Å². The van der Waals surface area contributed by atoms with E-state index in [-0.39, 0.29) is 30.3 Å². The van der Waals surface area contributed by atoms with Crippen molar-refractivity contribution in [3.63, 3.8) is 0 Å². The lowest BCUT2D eigenvalue weighted by molar-refractivity contribution is 0.0475. The van der Waals surface area contributed by atoms with Crippen LogP contribution in [-0.4, -0.2) is 27.9 Å². The van der Waals surface area contributed by atoms with E-state index in [2.05, 4.69) is 16.8 Å². The van der Waals surface area contributed by atoms with Gasteiger partial charge in [-0.1, -0.05) is 36.3 Å². The lowest BCUT2D eigenvalue weighted by Gasteiger charge is -2.15. The van der Waals surface area contributed by atoms with Gasteiger partial charge in [0.05, 0.1) is 18.9 Å². The molecule has 22 heavy (non-hydrogen) atoms. The Bertz CT molecular complexity index is 813. The molecule has 1 aromatic heterocycles. The largest absolute Gasteiger partial charge is 0.394 e. The summed E-state index contributed by atoms with van der Waals surface area (Å²) in [6, 6.07) is 9.41. The average molecular weight is 316 g/mol. The maximum Gasteiger partial charge on any atom is 0.268 e. The molecule has 0 saturated heterocycles. The summed E-state index contributed by atoms with van der Waals surface area (Å²) < 4.78 is 7.28. The van der Waals surface area contributed by atoms with E-state index in [9.17, 15) is 4.79 Å². The standard InChI is InChI=1S/C16H16N2O3S/c1-2-6-13-14(12-7-4-3-5-8-12)18(11-21-10-9-19)16(22)17-15(13)20/h3-5,7-8,19H,9-11H2,1H3,(H,17,20,22). The number of hydrogen-bond donors (Lipinski definition) is 2. The first-order valence-corrected chi connectivity index (χ1v) is 7.13. The molecule has 5 nitrogen and oxygen atoms in total. The number of aliphatic hydroxyl groups excluding tert-OH is 1. The Hall–Kier alpha value is -2.20. The maximum absolute atomic E-state index is 12.2. The van der Waals surface area contributed by atoms with Crippen molar-refractivity contribution in [2.24, 2.45) is 0 Å². The molecule has 0 radical (unpaired) electrons. The zero-order valence-electron chi connectivity index (χ0n) is 12.1. The number of aromatic nitrogens is 2. The van der Waals surface area contributed by atoms with E-state index in [1.165, 1.54) is 0 Å². The molecule has 0 bridgehead atoms. The normalized spacial score (nSPS) is 10.1. The summed E-state index contributed by atoms with van der Waals surface area (Å²) in [5.41, 5.74) is 1.46. The van der Waals surface area contributed by atoms with E-state index in [4.69, 9.17) is 22.1 Å². The Balaban J connectivity index is 2.70. The highest BCUT2D eigenvalue weighted by atomic mass is 32.1. The Morgan fingerprint density at radius 1 is 1.36 bits per heavy atom. The van der Waals surface area contributed by atoms with Gasteiger partial charge in [-0.2, -0.15) is 0 Å². The zero-order chi connectivity index (χ0) is 15.9. The lowest BCUT2D eigenvalue weighted by Crippen LogP contribution is -2.21. The molecular formula is C16H16N2O3S. The van der Waals surface area contributed by atoms with Crippen LogP contribution in [0.4, 0.5) is 0 Å². The molecule has 0 saturated carbocycles. The fourth-order valence-electron chi connectivity index (χ4n) is 2.05. The minimum atomic E-state index is -0.323. The van der Waals surface area contributed by atoms with Crippen LogP contribution in [0.3, 0.4) is 0 Å². The van der Waals surface area contributed by atoms with Crippen molar-refractivity contribution < 1.29 is 9.84 Å². The van der Waals surface area contributed by atoms with E-state index in [1.807, 2.05) is 30.3 Å². The monoisotopic (exact) mass is 316 g/mol. The van der Waals surface area contributed by atoms with Gasteiger partial charge in [0.2, 0.25) is 0 Å². The van der Waals surface area contributed by atoms with Gasteiger partial charge in [0, 0.05) is 0 Å². The molecule has 0 atom stereocenters. The highest BCUT2D eigenvalue weighted by Crippen LogP contribution is 2.21. The second-order valence-electron chi connectivity index (χ2n) is 4.41. The SMILES string of the molecule is CC#Cc1c(-c2ccccc2)n(COCCO)c(=S)[nH]c1=O. The fourth-order valence-corrected chi connectivity index (χ4v) is 2.29. The van der Waals surface area contributed by atoms with Crippen LogP contribution in [0.15, 0.2) is 35.1 Å². The first-order valence-electron chi connectivity index (χ1n) is 6.73. The second kappa shape index (κ2) is 7.71. The summed E-state index contributed by atoms with van der Waals surface area (Å²) in [5.74, 6) is 5.59. The van der Waals surface area contributed by atoms with Gasteiger partial charge in [0.25, 0.3) is 5.56 Å². The van der Waals surface area contributed by atoms with Crippen LogP contribution >= 0.6 is 12.2 Å². The number of benzene rings is 1. The van der Waals surface area contributed by atoms with Crippen molar-refractivity contribution in [3.05, 3.63) is 51.0 Å². The van der Waals surface area contributed by atoms with Crippen molar-refractivity contribution >= 4 is 12.2 Å². The lowest BCUT2D eigenvalue weighted by atomic mass is 10.1. The van der Waals surface area contributed by atoms with E-state index < -0.39 is 0 Å². The van der Waals surface area contributed by atoms with E-state index in [0.29, 0.717) is 11.3 Å². The number of aromatic amines is 1. The van der Waals surface area contributed by atoms with E-state index in [0.717, 1.165) is 5.56 Å². The molecule has 0 fully saturated rings. The van der Waals surface area contributed by atoms with Crippen LogP contribution in [-0.2, 0) is 11.5 Å². The minimum absolute atomic E-state index is 0.0844. The molecule has 0 amide bonds. The van der Waals surface area contributed by atoms with E-state index >= 15 is 0 Å². The van der Waals surface area contributed by atoms with Crippen LogP contribution in [0, 0.1) is 16.6 Å². The third-order valence-electron chi connectivity index (χ3n) is 2.95. The molecule has 0 aliphatic carbocycles. The van der Waals surface area contributed by atoms with Crippen molar-refractivity contribution in [2.75, 3.05) is 13.2 Å². The van der Waals surface area contributed by atoms with Crippen LogP contribution in [0.25, 0.3) is 11.3 Å². The Morgan fingerprint density at radius 2 is 2.09 bits per heavy atom. The number of ether oxygens (including phenoxy) is 1. The number of H-pyrrole nitrogens is 1. The van der Waals surface area contributed by atoms with Crippen molar-refractivity contribution in [1.29, 1.82) is 0 Å². The molecule has 2 N–H and O–H groups in total. The van der Waals surface area contributed by atoms with Crippen LogP contribution in [0.2, 0.25) is 0 Å². The molecule has 0 spiro atoms. The predicted molar refractivity (Wildman–Crippen MR) is 86.9 cm³/mol. The molecule has 6 heteroatoms. The summed E-state index contributed by atoms with van der Waals surface area (Å²) in [6.45, 7) is 1.89. The number of rotatable bonds is 5. The van der Waals surface area contributed by atoms with Crippen molar-refractivity contribution in [2.45, 2.75) is 13.7 Å². The Labute approximate surface area is 133 Å². The fraction of sp³-hybridized carbons (Fsp3) is 0.250. The van der Waals surface area contributed by atoms with Gasteiger partial charge in [-0.05, 0) is 24.7 Å². The van der Waals surface area contributed by atoms with Gasteiger partial charge in [-0.25, -0.2) is 0 Å². The molecule has 2 rings (SSSR count). The molecule has 0 aliphatic heterocycles. The average Bonchev–Trinajstić information content (AvgIpc) is 2.52. The molecule has 0 aliphatic rings. The molecule has 0 unspecified atom stereocenters. The summed E-state index contributed by atoms with van der Waals surface area (Å²) in [6.07, 6.45) is 0. The van der Waals surface area contributed by atoms with Gasteiger partial charge in [-0.15, -0.1) is 5.92 Å². The summed E-state index contributed by atoms with van der Waals surface area (Å²) >= 11 is 5.24. The van der Waals surface area contributed by atoms with Crippen LogP contribution in [0.1, 0.15) is 12.5 Å². The molecule has 2 aromatic rings. The van der Waals surface area contributed by atoms with Gasteiger partial charge in [-0.3, -0.25) is 14.3 Å². The van der Waals surface area contributed by atoms with E-state index in [1.54, 1.807) is 11.5 Å².